The molecule has 0 aliphatic carbocycles. The third kappa shape index (κ3) is 4.46. The number of esters is 1. The summed E-state index contributed by atoms with van der Waals surface area (Å²) in [6, 6.07) is 5.21. The topological polar surface area (TPSA) is 57.5 Å². The molecular formula is C16H19ClNO3. The molecule has 1 aliphatic rings. The van der Waals surface area contributed by atoms with Crippen molar-refractivity contribution < 1.29 is 14.3 Å². The molecule has 1 heterocycles. The highest BCUT2D eigenvalue weighted by atomic mass is 35.5. The van der Waals surface area contributed by atoms with Crippen molar-refractivity contribution in [2.75, 3.05) is 0 Å². The number of hydrogen-bond donors (Lipinski definition) is 0. The highest BCUT2D eigenvalue weighted by Crippen LogP contribution is 2.36. The lowest BCUT2D eigenvalue weighted by molar-refractivity contribution is -0.155. The second-order valence-corrected chi connectivity index (χ2v) is 6.67. The molecule has 0 saturated carbocycles. The molecule has 1 amide bonds. The van der Waals surface area contributed by atoms with Gasteiger partial charge in [-0.3, -0.25) is 9.59 Å². The minimum atomic E-state index is -0.515. The second kappa shape index (κ2) is 6.06. The van der Waals surface area contributed by atoms with E-state index in [0.717, 1.165) is 5.56 Å². The third-order valence-electron chi connectivity index (χ3n) is 3.21. The molecule has 2 rings (SSSR count). The maximum Gasteiger partial charge on any atom is 0.306 e. The van der Waals surface area contributed by atoms with Gasteiger partial charge in [0.1, 0.15) is 5.60 Å². The monoisotopic (exact) mass is 308 g/mol. The van der Waals surface area contributed by atoms with Gasteiger partial charge in [-0.25, -0.2) is 5.32 Å². The van der Waals surface area contributed by atoms with Crippen LogP contribution in [0.25, 0.3) is 0 Å². The number of benzene rings is 1. The molecule has 113 valence electrons. The zero-order chi connectivity index (χ0) is 15.6. The minimum Gasteiger partial charge on any atom is -0.460 e. The molecule has 5 heteroatoms. The minimum absolute atomic E-state index is 0.0938. The van der Waals surface area contributed by atoms with E-state index < -0.39 is 5.60 Å². The van der Waals surface area contributed by atoms with E-state index in [1.807, 2.05) is 20.8 Å². The predicted octanol–water partition coefficient (Wildman–Crippen LogP) is 3.71. The Bertz CT molecular complexity index is 563. The molecule has 0 N–H and O–H groups in total. The van der Waals surface area contributed by atoms with E-state index in [1.54, 1.807) is 18.2 Å². The lowest BCUT2D eigenvalue weighted by Gasteiger charge is -2.22. The molecule has 1 aromatic rings. The molecule has 1 radical (unpaired) electrons. The van der Waals surface area contributed by atoms with Gasteiger partial charge in [-0.05, 0) is 56.9 Å². The van der Waals surface area contributed by atoms with Crippen LogP contribution in [0.1, 0.15) is 51.5 Å². The number of fused-ring (bicyclic) bond motifs is 1. The first kappa shape index (κ1) is 15.8. The molecule has 1 unspecified atom stereocenters. The zero-order valence-corrected chi connectivity index (χ0v) is 13.2. The van der Waals surface area contributed by atoms with Crippen molar-refractivity contribution in [3.63, 3.8) is 0 Å². The first-order chi connectivity index (χ1) is 9.74. The summed E-state index contributed by atoms with van der Waals surface area (Å²) in [4.78, 5) is 23.7. The standard InChI is InChI=1S/C16H19ClNO3/c1-16(2,3)21-15(20)8-10-4-7-14(19)18-13-6-5-11(17)9-12(10)13/h5-6,9-10H,4,7-8H2,1-3H3. The maximum atomic E-state index is 12.0. The van der Waals surface area contributed by atoms with Gasteiger partial charge >= 0.3 is 5.97 Å². The number of halogens is 1. The summed E-state index contributed by atoms with van der Waals surface area (Å²) in [5, 5.41) is 4.64. The Morgan fingerprint density at radius 3 is 2.81 bits per heavy atom. The molecule has 0 saturated heterocycles. The summed E-state index contributed by atoms with van der Waals surface area (Å²) in [6.07, 6.45) is 1.14. The smallest absolute Gasteiger partial charge is 0.306 e. The molecule has 21 heavy (non-hydrogen) atoms. The van der Waals surface area contributed by atoms with E-state index in [1.165, 1.54) is 0 Å². The summed E-state index contributed by atoms with van der Waals surface area (Å²) in [5.41, 5.74) is 0.939. The van der Waals surface area contributed by atoms with Crippen LogP contribution in [0.5, 0.6) is 0 Å². The number of carbonyl (C=O) groups is 2. The van der Waals surface area contributed by atoms with Crippen LogP contribution in [-0.4, -0.2) is 17.5 Å². The van der Waals surface area contributed by atoms with Gasteiger partial charge in [-0.1, -0.05) is 11.6 Å². The van der Waals surface area contributed by atoms with Gasteiger partial charge in [0.05, 0.1) is 12.1 Å². The second-order valence-electron chi connectivity index (χ2n) is 6.23. The fourth-order valence-electron chi connectivity index (χ4n) is 2.39. The largest absolute Gasteiger partial charge is 0.460 e. The summed E-state index contributed by atoms with van der Waals surface area (Å²) >= 11 is 6.03. The molecule has 4 nitrogen and oxygen atoms in total. The number of rotatable bonds is 2. The normalized spacial score (nSPS) is 18.5. The first-order valence-electron chi connectivity index (χ1n) is 7.00. The zero-order valence-electron chi connectivity index (χ0n) is 12.5. The van der Waals surface area contributed by atoms with Crippen molar-refractivity contribution >= 4 is 29.2 Å². The Labute approximate surface area is 129 Å². The SMILES string of the molecule is CC(C)(C)OC(=O)CC1CCC(=O)[N]c2ccc(Cl)cc21. The van der Waals surface area contributed by atoms with Crippen LogP contribution in [-0.2, 0) is 14.3 Å². The lowest BCUT2D eigenvalue weighted by atomic mass is 9.91. The van der Waals surface area contributed by atoms with Gasteiger partial charge in [0, 0.05) is 11.4 Å². The summed E-state index contributed by atoms with van der Waals surface area (Å²) in [7, 11) is 0. The molecule has 0 aromatic heterocycles. The van der Waals surface area contributed by atoms with Crippen LogP contribution in [0, 0.1) is 0 Å². The summed E-state index contributed by atoms with van der Waals surface area (Å²) in [6.45, 7) is 5.50. The number of amides is 1. The lowest BCUT2D eigenvalue weighted by Crippen LogP contribution is -2.25. The number of carbonyl (C=O) groups excluding carboxylic acids is 2. The average molecular weight is 309 g/mol. The Morgan fingerprint density at radius 2 is 2.14 bits per heavy atom. The van der Waals surface area contributed by atoms with Crippen LogP contribution in [0.15, 0.2) is 18.2 Å². The molecule has 0 fully saturated rings. The van der Waals surface area contributed by atoms with Crippen LogP contribution in [0.2, 0.25) is 5.02 Å². The molecule has 0 bridgehead atoms. The number of nitrogens with zero attached hydrogens (tertiary/aromatic N) is 1. The van der Waals surface area contributed by atoms with E-state index in [9.17, 15) is 9.59 Å². The van der Waals surface area contributed by atoms with Crippen molar-refractivity contribution in [2.45, 2.75) is 51.6 Å². The van der Waals surface area contributed by atoms with E-state index in [-0.39, 0.29) is 24.2 Å². The van der Waals surface area contributed by atoms with Crippen molar-refractivity contribution in [1.82, 2.24) is 5.32 Å². The van der Waals surface area contributed by atoms with Gasteiger partial charge in [0.15, 0.2) is 0 Å². The molecule has 1 aromatic carbocycles. The van der Waals surface area contributed by atoms with E-state index >= 15 is 0 Å². The van der Waals surface area contributed by atoms with E-state index in [4.69, 9.17) is 16.3 Å². The molecular weight excluding hydrogens is 290 g/mol. The number of hydrogen-bond acceptors (Lipinski definition) is 3. The van der Waals surface area contributed by atoms with Crippen LogP contribution in [0.4, 0.5) is 5.69 Å². The Balaban J connectivity index is 2.22. The van der Waals surface area contributed by atoms with Crippen molar-refractivity contribution in [3.05, 3.63) is 28.8 Å². The summed E-state index contributed by atoms with van der Waals surface area (Å²) < 4.78 is 5.37. The maximum absolute atomic E-state index is 12.0. The van der Waals surface area contributed by atoms with Crippen molar-refractivity contribution in [2.24, 2.45) is 0 Å². The van der Waals surface area contributed by atoms with E-state index in [2.05, 4.69) is 5.32 Å². The third-order valence-corrected chi connectivity index (χ3v) is 3.45. The highest BCUT2D eigenvalue weighted by Gasteiger charge is 2.27. The Morgan fingerprint density at radius 1 is 1.43 bits per heavy atom. The van der Waals surface area contributed by atoms with Gasteiger partial charge in [0.2, 0.25) is 5.91 Å². The van der Waals surface area contributed by atoms with E-state index in [0.29, 0.717) is 23.6 Å². The van der Waals surface area contributed by atoms with Crippen LogP contribution < -0.4 is 5.32 Å². The first-order valence-corrected chi connectivity index (χ1v) is 7.38. The highest BCUT2D eigenvalue weighted by molar-refractivity contribution is 6.30. The Kier molecular flexibility index (Phi) is 4.57. The Hall–Kier alpha value is -1.55. The molecule has 1 aliphatic heterocycles. The van der Waals surface area contributed by atoms with Gasteiger partial charge in [0.25, 0.3) is 0 Å². The fraction of sp³-hybridized carbons (Fsp3) is 0.500. The van der Waals surface area contributed by atoms with Crippen molar-refractivity contribution in [3.8, 4) is 0 Å². The van der Waals surface area contributed by atoms with Gasteiger partial charge in [-0.15, -0.1) is 0 Å². The summed E-state index contributed by atoms with van der Waals surface area (Å²) in [5.74, 6) is -0.526. The molecule has 1 atom stereocenters. The van der Waals surface area contributed by atoms with Gasteiger partial charge in [-0.2, -0.15) is 0 Å². The van der Waals surface area contributed by atoms with Crippen LogP contribution in [0.3, 0.4) is 0 Å². The quantitative estimate of drug-likeness (QED) is 0.782. The fourth-order valence-corrected chi connectivity index (χ4v) is 2.57. The average Bonchev–Trinajstić information content (AvgIpc) is 2.47. The van der Waals surface area contributed by atoms with Gasteiger partial charge < -0.3 is 4.74 Å². The predicted molar refractivity (Wildman–Crippen MR) is 80.7 cm³/mol. The molecule has 0 spiro atoms. The van der Waals surface area contributed by atoms with Crippen molar-refractivity contribution in [1.29, 1.82) is 0 Å². The number of ether oxygens (including phenoxy) is 1. The van der Waals surface area contributed by atoms with Crippen LogP contribution >= 0.6 is 11.6 Å².